The lowest BCUT2D eigenvalue weighted by Crippen LogP contribution is -2.59. The van der Waals surface area contributed by atoms with E-state index in [9.17, 15) is 16.8 Å². The number of hydrogen-bond donors (Lipinski definition) is 2. The second-order valence-corrected chi connectivity index (χ2v) is 22.3. The van der Waals surface area contributed by atoms with Gasteiger partial charge in [-0.25, -0.2) is 35.4 Å². The molecule has 4 fully saturated rings. The van der Waals surface area contributed by atoms with Gasteiger partial charge in [0.25, 0.3) is 0 Å². The van der Waals surface area contributed by atoms with Gasteiger partial charge in [0.05, 0.1) is 16.6 Å². The number of halogens is 1. The highest BCUT2D eigenvalue weighted by Gasteiger charge is 2.42. The molecule has 0 bridgehead atoms. The topological polar surface area (TPSA) is 187 Å². The van der Waals surface area contributed by atoms with E-state index in [-0.39, 0.29) is 10.5 Å². The summed E-state index contributed by atoms with van der Waals surface area (Å²) < 4.78 is 64.8. The standard InChI is InChI=1S/C22H29N5O3S.C16H21N3O2S.C7H10ClNO/c1-15-19(16(2)30-25-15)7-9-26-13-18(14-26)31(28,29)27-10-5-17(6-11-27)21-12-24-22-20(21)4-3-8-23-22;20-22(21,13-3-1-4-13)19-9-6-12(7-10-19)15-11-18-16-14(15)5-2-8-17-16;1-5-7(3-4-8)6(2)10-9-5/h3-4,8,12,17-18H,5-7,9-11,13-14H2,1-2H3,(H,23,24);2,5,8,11-13H,1,3-4,6-7,9-10H2,(H,17,18);3-4H2,1-2H3. The Morgan fingerprint density at radius 3 is 1.54 bits per heavy atom. The number of rotatable bonds is 11. The van der Waals surface area contributed by atoms with E-state index >= 15 is 0 Å². The molecule has 0 radical (unpaired) electrons. The maximum atomic E-state index is 13.1. The predicted molar refractivity (Wildman–Crippen MR) is 245 cm³/mol. The van der Waals surface area contributed by atoms with Crippen molar-refractivity contribution < 1.29 is 25.9 Å². The van der Waals surface area contributed by atoms with Gasteiger partial charge < -0.3 is 23.9 Å². The van der Waals surface area contributed by atoms with Crippen LogP contribution in [0.1, 0.15) is 102 Å². The molecule has 2 N–H and O–H groups in total. The lowest BCUT2D eigenvalue weighted by Gasteiger charge is -2.42. The summed E-state index contributed by atoms with van der Waals surface area (Å²) >= 11 is 5.57. The van der Waals surface area contributed by atoms with Gasteiger partial charge >= 0.3 is 0 Å². The summed E-state index contributed by atoms with van der Waals surface area (Å²) in [6.45, 7) is 12.3. The number of hydrogen-bond acceptors (Lipinski definition) is 11. The van der Waals surface area contributed by atoms with Crippen molar-refractivity contribution in [3.63, 3.8) is 0 Å². The van der Waals surface area contributed by atoms with Crippen molar-refractivity contribution in [3.8, 4) is 0 Å². The van der Waals surface area contributed by atoms with Gasteiger partial charge in [-0.2, -0.15) is 0 Å². The molecule has 340 valence electrons. The molecule has 6 aromatic rings. The minimum Gasteiger partial charge on any atom is -0.361 e. The number of pyridine rings is 2. The number of aryl methyl sites for hydroxylation is 4. The van der Waals surface area contributed by atoms with E-state index in [1.54, 1.807) is 21.0 Å². The van der Waals surface area contributed by atoms with Gasteiger partial charge in [-0.15, -0.1) is 11.6 Å². The Kier molecular flexibility index (Phi) is 14.1. The summed E-state index contributed by atoms with van der Waals surface area (Å²) in [5.41, 5.74) is 8.53. The van der Waals surface area contributed by atoms with E-state index in [1.165, 1.54) is 16.5 Å². The Morgan fingerprint density at radius 1 is 0.667 bits per heavy atom. The largest absolute Gasteiger partial charge is 0.361 e. The van der Waals surface area contributed by atoms with Gasteiger partial charge in [-0.1, -0.05) is 16.7 Å². The summed E-state index contributed by atoms with van der Waals surface area (Å²) in [5.74, 6) is 3.17. The van der Waals surface area contributed by atoms with Crippen LogP contribution >= 0.6 is 11.6 Å². The Bertz CT molecular complexity index is 2650. The Balaban J connectivity index is 0.000000147. The maximum absolute atomic E-state index is 13.1. The van der Waals surface area contributed by atoms with Crippen LogP contribution in [0.4, 0.5) is 0 Å². The molecule has 15 nitrogen and oxygen atoms in total. The fourth-order valence-corrected chi connectivity index (χ4v) is 13.7. The number of nitrogens with one attached hydrogen (secondary N) is 2. The molecule has 3 aliphatic heterocycles. The quantitative estimate of drug-likeness (QED) is 0.124. The molecule has 10 rings (SSSR count). The van der Waals surface area contributed by atoms with E-state index in [0.29, 0.717) is 57.0 Å². The average Bonchev–Trinajstić information content (AvgIpc) is 4.03. The summed E-state index contributed by atoms with van der Waals surface area (Å²) in [6.07, 6.45) is 15.6. The van der Waals surface area contributed by atoms with Crippen LogP contribution in [0.2, 0.25) is 0 Å². The van der Waals surface area contributed by atoms with E-state index in [2.05, 4.69) is 47.3 Å². The van der Waals surface area contributed by atoms with Crippen LogP contribution in [0.3, 0.4) is 0 Å². The second-order valence-electron chi connectivity index (χ2n) is 17.5. The zero-order valence-corrected chi connectivity index (χ0v) is 39.1. The number of H-pyrrole nitrogens is 2. The number of sulfonamides is 2. The molecular formula is C45H60ClN9O6S2. The number of alkyl halides is 1. The first kappa shape index (κ1) is 45.4. The van der Waals surface area contributed by atoms with Crippen LogP contribution < -0.4 is 0 Å². The zero-order chi connectivity index (χ0) is 44.3. The molecule has 0 spiro atoms. The fraction of sp³-hybridized carbons (Fsp3) is 0.556. The first-order chi connectivity index (χ1) is 30.3. The van der Waals surface area contributed by atoms with E-state index in [0.717, 1.165) is 115 Å². The van der Waals surface area contributed by atoms with Crippen molar-refractivity contribution in [3.05, 3.63) is 94.2 Å². The average molecular weight is 923 g/mol. The van der Waals surface area contributed by atoms with Crippen molar-refractivity contribution in [1.82, 2.24) is 43.8 Å². The molecule has 3 saturated heterocycles. The molecule has 63 heavy (non-hydrogen) atoms. The minimum atomic E-state index is -3.24. The summed E-state index contributed by atoms with van der Waals surface area (Å²) in [6, 6.07) is 8.08. The Labute approximate surface area is 375 Å². The molecule has 18 heteroatoms. The van der Waals surface area contributed by atoms with Gasteiger partial charge in [0.15, 0.2) is 0 Å². The third kappa shape index (κ3) is 9.79. The molecule has 1 aliphatic carbocycles. The number of likely N-dealkylation sites (tertiary alicyclic amines) is 1. The molecule has 0 aromatic carbocycles. The molecule has 9 heterocycles. The number of nitrogens with zero attached hydrogens (tertiary/aromatic N) is 7. The molecule has 4 aliphatic rings. The number of aromatic amines is 2. The highest BCUT2D eigenvalue weighted by molar-refractivity contribution is 7.90. The zero-order valence-electron chi connectivity index (χ0n) is 36.7. The predicted octanol–water partition coefficient (Wildman–Crippen LogP) is 7.30. The van der Waals surface area contributed by atoms with Crippen molar-refractivity contribution in [2.45, 2.75) is 108 Å². The van der Waals surface area contributed by atoms with E-state index in [1.807, 2.05) is 52.2 Å². The normalized spacial score (nSPS) is 19.1. The van der Waals surface area contributed by atoms with E-state index < -0.39 is 20.0 Å². The molecular weight excluding hydrogens is 862 g/mol. The van der Waals surface area contributed by atoms with Crippen LogP contribution in [0.5, 0.6) is 0 Å². The van der Waals surface area contributed by atoms with Crippen LogP contribution in [0.15, 0.2) is 58.1 Å². The molecule has 0 atom stereocenters. The van der Waals surface area contributed by atoms with Crippen LogP contribution in [0.25, 0.3) is 22.1 Å². The molecule has 1 saturated carbocycles. The summed E-state index contributed by atoms with van der Waals surface area (Å²) in [4.78, 5) is 17.4. The third-order valence-electron chi connectivity index (χ3n) is 13.7. The first-order valence-electron chi connectivity index (χ1n) is 22.3. The maximum Gasteiger partial charge on any atom is 0.219 e. The SMILES string of the molecule is Cc1noc(C)c1CCCl.Cc1noc(C)c1CCN1CC(S(=O)(=O)N2CCC(c3c[nH]c4ncccc34)CC2)C1.O=S(=O)(C1CCC1)N1CCC(c2c[nH]c3ncccc23)CC1. The number of aromatic nitrogens is 6. The van der Waals surface area contributed by atoms with Gasteiger partial charge in [-0.3, -0.25) is 0 Å². The fourth-order valence-electron chi connectivity index (χ4n) is 9.54. The van der Waals surface area contributed by atoms with Crippen molar-refractivity contribution in [2.75, 3.05) is 51.7 Å². The monoisotopic (exact) mass is 921 g/mol. The van der Waals surface area contributed by atoms with Gasteiger partial charge in [0.2, 0.25) is 20.0 Å². The Morgan fingerprint density at radius 2 is 1.13 bits per heavy atom. The van der Waals surface area contributed by atoms with Gasteiger partial charge in [0, 0.05) is 98.4 Å². The van der Waals surface area contributed by atoms with Gasteiger partial charge in [-0.05, 0) is 126 Å². The number of fused-ring (bicyclic) bond motifs is 2. The molecule has 0 amide bonds. The Hall–Kier alpha value is -4.13. The van der Waals surface area contributed by atoms with Crippen molar-refractivity contribution in [2.24, 2.45) is 0 Å². The first-order valence-corrected chi connectivity index (χ1v) is 25.8. The lowest BCUT2D eigenvalue weighted by molar-refractivity contribution is 0.179. The smallest absolute Gasteiger partial charge is 0.219 e. The van der Waals surface area contributed by atoms with Crippen LogP contribution in [-0.2, 0) is 32.9 Å². The molecule has 0 unspecified atom stereocenters. The van der Waals surface area contributed by atoms with Gasteiger partial charge in [0.1, 0.15) is 28.1 Å². The van der Waals surface area contributed by atoms with Crippen LogP contribution in [-0.4, -0.2) is 123 Å². The third-order valence-corrected chi connectivity index (χ3v) is 18.5. The summed E-state index contributed by atoms with van der Waals surface area (Å²) in [5, 5.41) is 9.72. The highest BCUT2D eigenvalue weighted by atomic mass is 35.5. The minimum absolute atomic E-state index is 0.110. The highest BCUT2D eigenvalue weighted by Crippen LogP contribution is 2.37. The van der Waals surface area contributed by atoms with Crippen molar-refractivity contribution >= 4 is 53.7 Å². The molecule has 6 aromatic heterocycles. The lowest BCUT2D eigenvalue weighted by atomic mass is 9.90. The number of piperidine rings is 2. The van der Waals surface area contributed by atoms with Crippen molar-refractivity contribution in [1.29, 1.82) is 0 Å². The van der Waals surface area contributed by atoms with Crippen LogP contribution in [0, 0.1) is 27.7 Å². The van der Waals surface area contributed by atoms with E-state index in [4.69, 9.17) is 20.6 Å². The second kappa shape index (κ2) is 19.5. The summed E-state index contributed by atoms with van der Waals surface area (Å²) in [7, 11) is -6.29.